The molecule has 1 aromatic rings. The van der Waals surface area contributed by atoms with Crippen LogP contribution in [-0.4, -0.2) is 12.6 Å². The second kappa shape index (κ2) is 5.02. The highest BCUT2D eigenvalue weighted by molar-refractivity contribution is 8.04. The van der Waals surface area contributed by atoms with Crippen molar-refractivity contribution >= 4 is 35.0 Å². The van der Waals surface area contributed by atoms with Crippen molar-refractivity contribution in [3.63, 3.8) is 0 Å². The predicted molar refractivity (Wildman–Crippen MR) is 70.3 cm³/mol. The Bertz CT molecular complexity index is 499. The van der Waals surface area contributed by atoms with Gasteiger partial charge in [-0.2, -0.15) is 0 Å². The van der Waals surface area contributed by atoms with Crippen LogP contribution in [0.3, 0.4) is 0 Å². The molecule has 0 saturated carbocycles. The van der Waals surface area contributed by atoms with Crippen LogP contribution in [0.1, 0.15) is 13.8 Å². The van der Waals surface area contributed by atoms with E-state index in [2.05, 4.69) is 5.32 Å². The van der Waals surface area contributed by atoms with Crippen molar-refractivity contribution in [2.75, 3.05) is 11.9 Å². The molecule has 0 fully saturated rings. The minimum atomic E-state index is -0.298. The first-order valence-electron chi connectivity index (χ1n) is 5.24. The molecule has 0 bridgehead atoms. The summed E-state index contributed by atoms with van der Waals surface area (Å²) in [6.07, 6.45) is 0. The summed E-state index contributed by atoms with van der Waals surface area (Å²) in [5.41, 5.74) is 1.77. The zero-order valence-corrected chi connectivity index (χ0v) is 11.1. The molecule has 17 heavy (non-hydrogen) atoms. The van der Waals surface area contributed by atoms with Crippen LogP contribution in [-0.2, 0) is 9.53 Å². The third-order valence-electron chi connectivity index (χ3n) is 2.28. The monoisotopic (exact) mass is 269 g/mol. The molecule has 0 amide bonds. The molecule has 0 atom stereocenters. The fraction of sp³-hybridized carbons (Fsp3) is 0.250. The van der Waals surface area contributed by atoms with Crippen LogP contribution < -0.4 is 5.32 Å². The molecule has 1 aliphatic heterocycles. The highest BCUT2D eigenvalue weighted by Gasteiger charge is 2.22. The van der Waals surface area contributed by atoms with Crippen molar-refractivity contribution in [2.24, 2.45) is 0 Å². The fourth-order valence-electron chi connectivity index (χ4n) is 1.52. The van der Waals surface area contributed by atoms with Crippen molar-refractivity contribution < 1.29 is 9.53 Å². The van der Waals surface area contributed by atoms with E-state index in [1.54, 1.807) is 6.92 Å². The number of rotatable bonds is 2. The van der Waals surface area contributed by atoms with Gasteiger partial charge in [-0.05, 0) is 32.0 Å². The summed E-state index contributed by atoms with van der Waals surface area (Å²) in [6.45, 7) is 4.02. The lowest BCUT2D eigenvalue weighted by Gasteiger charge is -2.21. The highest BCUT2D eigenvalue weighted by atomic mass is 35.5. The molecule has 0 aliphatic carbocycles. The Hall–Kier alpha value is -1.13. The van der Waals surface area contributed by atoms with Gasteiger partial charge in [0.15, 0.2) is 0 Å². The second-order valence-corrected chi connectivity index (χ2v) is 5.03. The second-order valence-electron chi connectivity index (χ2n) is 3.54. The van der Waals surface area contributed by atoms with Crippen molar-refractivity contribution in [1.82, 2.24) is 0 Å². The van der Waals surface area contributed by atoms with Gasteiger partial charge in [-0.3, -0.25) is 0 Å². The minimum Gasteiger partial charge on any atom is -0.462 e. The molecule has 1 aromatic carbocycles. The van der Waals surface area contributed by atoms with Gasteiger partial charge in [-0.1, -0.05) is 23.4 Å². The molecule has 0 aromatic heterocycles. The van der Waals surface area contributed by atoms with Crippen molar-refractivity contribution in [3.05, 3.63) is 33.8 Å². The molecular weight excluding hydrogens is 258 g/mol. The molecule has 5 heteroatoms. The number of benzene rings is 1. The standard InChI is InChI=1S/C12H12ClNO2S/c1-3-16-12(15)11-7(2)14-9-5-4-8(13)6-10(9)17-11/h4-6,14H,3H2,1-2H3. The lowest BCUT2D eigenvalue weighted by molar-refractivity contribution is -0.137. The zero-order valence-electron chi connectivity index (χ0n) is 9.54. The van der Waals surface area contributed by atoms with Gasteiger partial charge in [-0.15, -0.1) is 0 Å². The molecule has 2 rings (SSSR count). The highest BCUT2D eigenvalue weighted by Crippen LogP contribution is 2.41. The topological polar surface area (TPSA) is 38.3 Å². The summed E-state index contributed by atoms with van der Waals surface area (Å²) >= 11 is 7.31. The van der Waals surface area contributed by atoms with E-state index in [0.717, 1.165) is 16.3 Å². The Morgan fingerprint density at radius 1 is 1.53 bits per heavy atom. The summed E-state index contributed by atoms with van der Waals surface area (Å²) in [5.74, 6) is -0.298. The van der Waals surface area contributed by atoms with Crippen molar-refractivity contribution in [3.8, 4) is 0 Å². The number of anilines is 1. The van der Waals surface area contributed by atoms with Gasteiger partial charge in [0, 0.05) is 15.6 Å². The SMILES string of the molecule is CCOC(=O)C1=C(C)Nc2ccc(Cl)cc2S1. The maximum Gasteiger partial charge on any atom is 0.346 e. The average Bonchev–Trinajstić information content (AvgIpc) is 2.29. The van der Waals surface area contributed by atoms with E-state index >= 15 is 0 Å². The van der Waals surface area contributed by atoms with Crippen molar-refractivity contribution in [2.45, 2.75) is 18.7 Å². The molecule has 0 saturated heterocycles. The summed E-state index contributed by atoms with van der Waals surface area (Å²) < 4.78 is 5.01. The Morgan fingerprint density at radius 3 is 3.00 bits per heavy atom. The van der Waals surface area contributed by atoms with Gasteiger partial charge in [0.05, 0.1) is 12.3 Å². The lowest BCUT2D eigenvalue weighted by atomic mass is 10.3. The van der Waals surface area contributed by atoms with Gasteiger partial charge in [0.25, 0.3) is 0 Å². The van der Waals surface area contributed by atoms with Crippen molar-refractivity contribution in [1.29, 1.82) is 0 Å². The van der Waals surface area contributed by atoms with E-state index in [9.17, 15) is 4.79 Å². The van der Waals surface area contributed by atoms with Gasteiger partial charge in [-0.25, -0.2) is 4.79 Å². The Morgan fingerprint density at radius 2 is 2.29 bits per heavy atom. The summed E-state index contributed by atoms with van der Waals surface area (Å²) in [5, 5.41) is 3.83. The number of carbonyl (C=O) groups excluding carboxylic acids is 1. The van der Waals surface area contributed by atoms with Crippen LogP contribution in [0.15, 0.2) is 33.7 Å². The van der Waals surface area contributed by atoms with E-state index in [1.807, 2.05) is 25.1 Å². The number of fused-ring (bicyclic) bond motifs is 1. The van der Waals surface area contributed by atoms with E-state index in [1.165, 1.54) is 11.8 Å². The van der Waals surface area contributed by atoms with Crippen LogP contribution in [0.4, 0.5) is 5.69 Å². The Balaban J connectivity index is 2.30. The molecule has 0 spiro atoms. The average molecular weight is 270 g/mol. The number of ether oxygens (including phenoxy) is 1. The molecule has 0 unspecified atom stereocenters. The number of esters is 1. The summed E-state index contributed by atoms with van der Waals surface area (Å²) in [6, 6.07) is 5.55. The third kappa shape index (κ3) is 2.58. The third-order valence-corrected chi connectivity index (χ3v) is 3.75. The number of thioether (sulfide) groups is 1. The summed E-state index contributed by atoms with van der Waals surface area (Å²) in [7, 11) is 0. The number of nitrogens with one attached hydrogen (secondary N) is 1. The lowest BCUT2D eigenvalue weighted by Crippen LogP contribution is -2.14. The van der Waals surface area contributed by atoms with Gasteiger partial charge < -0.3 is 10.1 Å². The molecule has 1 heterocycles. The molecule has 1 aliphatic rings. The first kappa shape index (κ1) is 12.3. The molecular formula is C12H12ClNO2S. The number of allylic oxidation sites excluding steroid dienone is 1. The molecule has 3 nitrogen and oxygen atoms in total. The quantitative estimate of drug-likeness (QED) is 0.832. The van der Waals surface area contributed by atoms with Crippen LogP contribution in [0, 0.1) is 0 Å². The number of carbonyl (C=O) groups is 1. The minimum absolute atomic E-state index is 0.298. The maximum atomic E-state index is 11.7. The number of halogens is 1. The normalized spacial score (nSPS) is 14.1. The predicted octanol–water partition coefficient (Wildman–Crippen LogP) is 3.65. The van der Waals surface area contributed by atoms with E-state index < -0.39 is 0 Å². The van der Waals surface area contributed by atoms with E-state index in [4.69, 9.17) is 16.3 Å². The van der Waals surface area contributed by atoms with Crippen LogP contribution in [0.25, 0.3) is 0 Å². The largest absolute Gasteiger partial charge is 0.462 e. The first-order valence-corrected chi connectivity index (χ1v) is 6.43. The number of hydrogen-bond donors (Lipinski definition) is 1. The molecule has 90 valence electrons. The fourth-order valence-corrected chi connectivity index (χ4v) is 2.74. The van der Waals surface area contributed by atoms with Gasteiger partial charge >= 0.3 is 5.97 Å². The van der Waals surface area contributed by atoms with Gasteiger partial charge in [0.2, 0.25) is 0 Å². The van der Waals surface area contributed by atoms with Gasteiger partial charge in [0.1, 0.15) is 4.91 Å². The van der Waals surface area contributed by atoms with Crippen LogP contribution in [0.2, 0.25) is 5.02 Å². The number of hydrogen-bond acceptors (Lipinski definition) is 4. The maximum absolute atomic E-state index is 11.7. The Labute approximate surface area is 109 Å². The summed E-state index contributed by atoms with van der Waals surface area (Å²) in [4.78, 5) is 13.3. The van der Waals surface area contributed by atoms with E-state index in [0.29, 0.717) is 16.5 Å². The van der Waals surface area contributed by atoms with Crippen LogP contribution >= 0.6 is 23.4 Å². The molecule has 0 radical (unpaired) electrons. The van der Waals surface area contributed by atoms with Crippen LogP contribution in [0.5, 0.6) is 0 Å². The smallest absolute Gasteiger partial charge is 0.346 e. The first-order chi connectivity index (χ1) is 8.11. The zero-order chi connectivity index (χ0) is 12.4. The Kier molecular flexibility index (Phi) is 3.64. The van der Waals surface area contributed by atoms with E-state index in [-0.39, 0.29) is 5.97 Å². The molecule has 1 N–H and O–H groups in total.